The highest BCUT2D eigenvalue weighted by atomic mass is 35.5. The minimum atomic E-state index is -0.803. The Hall–Kier alpha value is -1.52. The van der Waals surface area contributed by atoms with Gasteiger partial charge in [0, 0.05) is 16.3 Å². The fraction of sp³-hybridized carbons (Fsp3) is 0.214. The van der Waals surface area contributed by atoms with Crippen molar-refractivity contribution < 1.29 is 9.90 Å². The van der Waals surface area contributed by atoms with Crippen LogP contribution in [0.15, 0.2) is 30.3 Å². The monoisotopic (exact) mass is 295 g/mol. The molecule has 0 aliphatic carbocycles. The van der Waals surface area contributed by atoms with Crippen molar-refractivity contribution in [3.63, 3.8) is 0 Å². The van der Waals surface area contributed by atoms with E-state index in [1.54, 1.807) is 0 Å². The van der Waals surface area contributed by atoms with Gasteiger partial charge in [0.1, 0.15) is 0 Å². The average molecular weight is 296 g/mol. The lowest BCUT2D eigenvalue weighted by Crippen LogP contribution is -1.98. The zero-order valence-corrected chi connectivity index (χ0v) is 12.0. The van der Waals surface area contributed by atoms with E-state index in [-0.39, 0.29) is 6.42 Å². The Morgan fingerprint density at radius 3 is 2.74 bits per heavy atom. The third kappa shape index (κ3) is 3.98. The Morgan fingerprint density at radius 1 is 1.32 bits per heavy atom. The minimum Gasteiger partial charge on any atom is -0.481 e. The normalized spacial score (nSPS) is 10.4. The van der Waals surface area contributed by atoms with E-state index in [9.17, 15) is 4.79 Å². The van der Waals surface area contributed by atoms with Crippen molar-refractivity contribution in [1.82, 2.24) is 0 Å². The first kappa shape index (κ1) is 13.9. The number of carbonyl (C=O) groups is 1. The molecule has 0 saturated heterocycles. The number of rotatable bonds is 5. The summed E-state index contributed by atoms with van der Waals surface area (Å²) < 4.78 is 0. The molecule has 0 aliphatic heterocycles. The zero-order valence-electron chi connectivity index (χ0n) is 10.4. The first-order valence-electron chi connectivity index (χ1n) is 5.84. The number of benzene rings is 1. The van der Waals surface area contributed by atoms with E-state index < -0.39 is 5.97 Å². The van der Waals surface area contributed by atoms with Gasteiger partial charge in [-0.15, -0.1) is 11.3 Å². The largest absolute Gasteiger partial charge is 0.481 e. The summed E-state index contributed by atoms with van der Waals surface area (Å²) >= 11 is 7.64. The predicted molar refractivity (Wildman–Crippen MR) is 79.2 cm³/mol. The second kappa shape index (κ2) is 6.08. The molecule has 2 aromatic rings. The van der Waals surface area contributed by atoms with Gasteiger partial charge in [-0.05, 0) is 36.8 Å². The topological polar surface area (TPSA) is 49.3 Å². The first-order valence-corrected chi connectivity index (χ1v) is 7.03. The van der Waals surface area contributed by atoms with Crippen molar-refractivity contribution in [2.45, 2.75) is 19.9 Å². The second-order valence-corrected chi connectivity index (χ2v) is 5.94. The van der Waals surface area contributed by atoms with Crippen LogP contribution in [0.5, 0.6) is 0 Å². The van der Waals surface area contributed by atoms with Crippen molar-refractivity contribution in [2.75, 3.05) is 5.32 Å². The summed E-state index contributed by atoms with van der Waals surface area (Å²) in [5, 5.41) is 12.7. The number of hydrogen-bond acceptors (Lipinski definition) is 3. The Kier molecular flexibility index (Phi) is 4.45. The summed E-state index contributed by atoms with van der Waals surface area (Å²) in [6.45, 7) is 2.64. The molecule has 1 aromatic carbocycles. The molecule has 0 radical (unpaired) electrons. The molecule has 0 amide bonds. The summed E-state index contributed by atoms with van der Waals surface area (Å²) in [6, 6.07) is 9.65. The molecule has 0 saturated carbocycles. The molecule has 0 atom stereocenters. The van der Waals surface area contributed by atoms with Gasteiger partial charge in [0.05, 0.1) is 17.1 Å². The lowest BCUT2D eigenvalue weighted by molar-refractivity contribution is -0.136. The molecule has 1 heterocycles. The Bertz CT molecular complexity index is 595. The molecule has 1 aromatic heterocycles. The lowest BCUT2D eigenvalue weighted by Gasteiger charge is -2.07. The average Bonchev–Trinajstić information content (AvgIpc) is 2.74. The third-order valence-corrected chi connectivity index (χ3v) is 4.02. The van der Waals surface area contributed by atoms with E-state index in [0.29, 0.717) is 11.6 Å². The Balaban J connectivity index is 1.98. The highest BCUT2D eigenvalue weighted by Crippen LogP contribution is 2.24. The zero-order chi connectivity index (χ0) is 13.8. The number of aryl methyl sites for hydroxylation is 1. The van der Waals surface area contributed by atoms with E-state index in [2.05, 4.69) is 5.32 Å². The molecule has 3 nitrogen and oxygen atoms in total. The van der Waals surface area contributed by atoms with Crippen LogP contribution in [0.3, 0.4) is 0 Å². The first-order chi connectivity index (χ1) is 9.04. The number of thiophene rings is 1. The van der Waals surface area contributed by atoms with Crippen molar-refractivity contribution in [1.29, 1.82) is 0 Å². The predicted octanol–water partition coefficient (Wildman–Crippen LogP) is 3.95. The molecule has 0 bridgehead atoms. The van der Waals surface area contributed by atoms with E-state index in [4.69, 9.17) is 16.7 Å². The van der Waals surface area contributed by atoms with Crippen LogP contribution in [0, 0.1) is 6.92 Å². The van der Waals surface area contributed by atoms with Crippen LogP contribution in [0.1, 0.15) is 15.3 Å². The van der Waals surface area contributed by atoms with E-state index in [1.165, 1.54) is 11.3 Å². The molecular weight excluding hydrogens is 282 g/mol. The van der Waals surface area contributed by atoms with Gasteiger partial charge in [0.25, 0.3) is 0 Å². The standard InChI is InChI=1S/C14H14ClNO2S/c1-9-2-5-13(12(15)6-9)16-8-11-4-3-10(19-11)7-14(17)18/h2-6,16H,7-8H2,1H3,(H,17,18). The summed E-state index contributed by atoms with van der Waals surface area (Å²) in [6.07, 6.45) is 0.0793. The van der Waals surface area contributed by atoms with E-state index in [1.807, 2.05) is 37.3 Å². The fourth-order valence-corrected chi connectivity index (χ4v) is 2.96. The van der Waals surface area contributed by atoms with Gasteiger partial charge in [-0.3, -0.25) is 4.79 Å². The van der Waals surface area contributed by atoms with Gasteiger partial charge in [0.15, 0.2) is 0 Å². The lowest BCUT2D eigenvalue weighted by atomic mass is 10.2. The van der Waals surface area contributed by atoms with E-state index >= 15 is 0 Å². The maximum Gasteiger partial charge on any atom is 0.308 e. The molecule has 0 aliphatic rings. The number of halogens is 1. The molecule has 100 valence electrons. The molecule has 0 fully saturated rings. The Morgan fingerprint density at radius 2 is 2.05 bits per heavy atom. The SMILES string of the molecule is Cc1ccc(NCc2ccc(CC(=O)O)s2)c(Cl)c1. The summed E-state index contributed by atoms with van der Waals surface area (Å²) in [5.41, 5.74) is 2.01. The number of nitrogens with one attached hydrogen (secondary N) is 1. The van der Waals surface area contributed by atoms with Crippen LogP contribution in [0.4, 0.5) is 5.69 Å². The summed E-state index contributed by atoms with van der Waals surface area (Å²) in [5.74, 6) is -0.803. The third-order valence-electron chi connectivity index (χ3n) is 2.62. The van der Waals surface area contributed by atoms with E-state index in [0.717, 1.165) is 21.0 Å². The molecule has 0 unspecified atom stereocenters. The number of anilines is 1. The molecule has 2 N–H and O–H groups in total. The molecular formula is C14H14ClNO2S. The molecule has 2 rings (SSSR count). The maximum atomic E-state index is 10.6. The Labute approximate surface area is 120 Å². The highest BCUT2D eigenvalue weighted by molar-refractivity contribution is 7.12. The highest BCUT2D eigenvalue weighted by Gasteiger charge is 2.05. The number of carboxylic acids is 1. The molecule has 19 heavy (non-hydrogen) atoms. The van der Waals surface area contributed by atoms with Crippen molar-refractivity contribution >= 4 is 34.6 Å². The van der Waals surface area contributed by atoms with Crippen LogP contribution in [0.25, 0.3) is 0 Å². The van der Waals surface area contributed by atoms with Crippen LogP contribution in [-0.4, -0.2) is 11.1 Å². The van der Waals surface area contributed by atoms with Crippen LogP contribution in [-0.2, 0) is 17.8 Å². The van der Waals surface area contributed by atoms with Crippen LogP contribution < -0.4 is 5.32 Å². The van der Waals surface area contributed by atoms with Gasteiger partial charge < -0.3 is 10.4 Å². The summed E-state index contributed by atoms with van der Waals surface area (Å²) in [7, 11) is 0. The second-order valence-electron chi connectivity index (χ2n) is 4.28. The number of aliphatic carboxylic acids is 1. The smallest absolute Gasteiger partial charge is 0.308 e. The van der Waals surface area contributed by atoms with Gasteiger partial charge in [-0.25, -0.2) is 0 Å². The molecule has 0 spiro atoms. The van der Waals surface area contributed by atoms with Crippen molar-refractivity contribution in [3.8, 4) is 0 Å². The summed E-state index contributed by atoms with van der Waals surface area (Å²) in [4.78, 5) is 12.6. The minimum absolute atomic E-state index is 0.0793. The number of carboxylic acid groups (broad SMARTS) is 1. The van der Waals surface area contributed by atoms with Gasteiger partial charge >= 0.3 is 5.97 Å². The van der Waals surface area contributed by atoms with Gasteiger partial charge in [-0.1, -0.05) is 17.7 Å². The van der Waals surface area contributed by atoms with Crippen molar-refractivity contribution in [3.05, 3.63) is 50.7 Å². The van der Waals surface area contributed by atoms with Gasteiger partial charge in [-0.2, -0.15) is 0 Å². The van der Waals surface area contributed by atoms with Crippen molar-refractivity contribution in [2.24, 2.45) is 0 Å². The van der Waals surface area contributed by atoms with Crippen LogP contribution >= 0.6 is 22.9 Å². The number of hydrogen-bond donors (Lipinski definition) is 2. The van der Waals surface area contributed by atoms with Gasteiger partial charge in [0.2, 0.25) is 0 Å². The van der Waals surface area contributed by atoms with Crippen LogP contribution in [0.2, 0.25) is 5.02 Å². The maximum absolute atomic E-state index is 10.6. The fourth-order valence-electron chi connectivity index (χ4n) is 1.71. The molecule has 5 heteroatoms. The quantitative estimate of drug-likeness (QED) is 0.878.